The molecular weight excluding hydrogens is 244 g/mol. The Morgan fingerprint density at radius 1 is 1.05 bits per heavy atom. The molecule has 1 N–H and O–H groups in total. The van der Waals surface area contributed by atoms with Crippen LogP contribution >= 0.6 is 0 Å². The van der Waals surface area contributed by atoms with Crippen LogP contribution in [0.25, 0.3) is 0 Å². The standard InChI is InChI=1S/C18H30N2/c1-20(2)18(13-7-4-8-14-18)16-19-15-9-12-17-10-5-3-6-11-17/h3,5-6,10-11,19H,4,7-9,12-16H2,1-2H3. The molecule has 0 radical (unpaired) electrons. The van der Waals surface area contributed by atoms with Gasteiger partial charge in [-0.15, -0.1) is 0 Å². The van der Waals surface area contributed by atoms with Gasteiger partial charge in [0.25, 0.3) is 0 Å². The number of likely N-dealkylation sites (N-methyl/N-ethyl adjacent to an activating group) is 1. The average Bonchev–Trinajstić information content (AvgIpc) is 2.49. The van der Waals surface area contributed by atoms with E-state index in [0.29, 0.717) is 5.54 Å². The van der Waals surface area contributed by atoms with Crippen molar-refractivity contribution in [3.63, 3.8) is 0 Å². The van der Waals surface area contributed by atoms with Crippen molar-refractivity contribution >= 4 is 0 Å². The van der Waals surface area contributed by atoms with E-state index in [9.17, 15) is 0 Å². The molecule has 1 aliphatic rings. The van der Waals surface area contributed by atoms with Crippen LogP contribution in [-0.4, -0.2) is 37.6 Å². The molecule has 0 bridgehead atoms. The zero-order valence-corrected chi connectivity index (χ0v) is 13.2. The lowest BCUT2D eigenvalue weighted by atomic mass is 9.80. The van der Waals surface area contributed by atoms with Gasteiger partial charge in [-0.1, -0.05) is 49.6 Å². The number of hydrogen-bond donors (Lipinski definition) is 1. The lowest BCUT2D eigenvalue weighted by Gasteiger charge is -2.43. The summed E-state index contributed by atoms with van der Waals surface area (Å²) in [6.07, 6.45) is 9.32. The normalized spacial score (nSPS) is 18.4. The van der Waals surface area contributed by atoms with E-state index in [1.165, 1.54) is 50.5 Å². The van der Waals surface area contributed by atoms with Gasteiger partial charge in [-0.25, -0.2) is 0 Å². The molecule has 0 saturated heterocycles. The molecule has 0 amide bonds. The fraction of sp³-hybridized carbons (Fsp3) is 0.667. The number of hydrogen-bond acceptors (Lipinski definition) is 2. The molecule has 20 heavy (non-hydrogen) atoms. The van der Waals surface area contributed by atoms with Crippen molar-refractivity contribution in [1.82, 2.24) is 10.2 Å². The molecule has 0 atom stereocenters. The van der Waals surface area contributed by atoms with Crippen LogP contribution in [0.3, 0.4) is 0 Å². The molecule has 1 aromatic carbocycles. The number of rotatable bonds is 7. The molecule has 0 spiro atoms. The summed E-state index contributed by atoms with van der Waals surface area (Å²) in [6, 6.07) is 10.8. The van der Waals surface area contributed by atoms with Gasteiger partial charge in [0.15, 0.2) is 0 Å². The minimum atomic E-state index is 0.408. The predicted molar refractivity (Wildman–Crippen MR) is 87.1 cm³/mol. The average molecular weight is 274 g/mol. The SMILES string of the molecule is CN(C)C1(CNCCCc2ccccc2)CCCCC1. The lowest BCUT2D eigenvalue weighted by Crippen LogP contribution is -2.53. The summed E-state index contributed by atoms with van der Waals surface area (Å²) in [4.78, 5) is 2.45. The van der Waals surface area contributed by atoms with Crippen molar-refractivity contribution in [1.29, 1.82) is 0 Å². The second-order valence-corrected chi connectivity index (χ2v) is 6.45. The van der Waals surface area contributed by atoms with E-state index >= 15 is 0 Å². The van der Waals surface area contributed by atoms with Crippen LogP contribution in [0.4, 0.5) is 0 Å². The van der Waals surface area contributed by atoms with Crippen molar-refractivity contribution < 1.29 is 0 Å². The van der Waals surface area contributed by atoms with E-state index in [1.54, 1.807) is 0 Å². The van der Waals surface area contributed by atoms with E-state index in [2.05, 4.69) is 54.6 Å². The molecule has 0 heterocycles. The van der Waals surface area contributed by atoms with Crippen molar-refractivity contribution in [3.8, 4) is 0 Å². The second-order valence-electron chi connectivity index (χ2n) is 6.45. The fourth-order valence-electron chi connectivity index (χ4n) is 3.38. The summed E-state index contributed by atoms with van der Waals surface area (Å²) in [5.41, 5.74) is 1.86. The molecule has 0 unspecified atom stereocenters. The topological polar surface area (TPSA) is 15.3 Å². The van der Waals surface area contributed by atoms with E-state index in [0.717, 1.165) is 13.1 Å². The fourth-order valence-corrected chi connectivity index (χ4v) is 3.38. The van der Waals surface area contributed by atoms with Gasteiger partial charge >= 0.3 is 0 Å². The zero-order chi connectivity index (χ0) is 14.3. The Bertz CT molecular complexity index is 366. The van der Waals surface area contributed by atoms with Crippen LogP contribution in [0.5, 0.6) is 0 Å². The number of nitrogens with zero attached hydrogens (tertiary/aromatic N) is 1. The van der Waals surface area contributed by atoms with E-state index in [-0.39, 0.29) is 0 Å². The first kappa shape index (κ1) is 15.5. The Balaban J connectivity index is 1.69. The van der Waals surface area contributed by atoms with Crippen LogP contribution in [0.2, 0.25) is 0 Å². The third-order valence-corrected chi connectivity index (χ3v) is 4.85. The summed E-state index contributed by atoms with van der Waals surface area (Å²) in [5, 5.41) is 3.71. The maximum atomic E-state index is 3.71. The third kappa shape index (κ3) is 4.32. The van der Waals surface area contributed by atoms with E-state index in [1.807, 2.05) is 0 Å². The smallest absolute Gasteiger partial charge is 0.0327 e. The summed E-state index contributed by atoms with van der Waals surface area (Å²) in [7, 11) is 4.49. The van der Waals surface area contributed by atoms with Crippen molar-refractivity contribution in [2.75, 3.05) is 27.2 Å². The maximum Gasteiger partial charge on any atom is 0.0327 e. The van der Waals surface area contributed by atoms with Gasteiger partial charge < -0.3 is 10.2 Å². The minimum absolute atomic E-state index is 0.408. The molecule has 0 aliphatic heterocycles. The number of nitrogens with one attached hydrogen (secondary N) is 1. The molecule has 2 nitrogen and oxygen atoms in total. The lowest BCUT2D eigenvalue weighted by molar-refractivity contribution is 0.0988. The number of benzene rings is 1. The highest BCUT2D eigenvalue weighted by molar-refractivity contribution is 5.14. The van der Waals surface area contributed by atoms with Crippen LogP contribution in [0.1, 0.15) is 44.1 Å². The molecule has 1 aromatic rings. The Morgan fingerprint density at radius 3 is 2.40 bits per heavy atom. The molecule has 1 fully saturated rings. The Hall–Kier alpha value is -0.860. The first-order valence-corrected chi connectivity index (χ1v) is 8.15. The second kappa shape index (κ2) is 7.80. The molecule has 2 rings (SSSR count). The Labute approximate surface area is 124 Å². The highest BCUT2D eigenvalue weighted by atomic mass is 15.2. The quantitative estimate of drug-likeness (QED) is 0.766. The van der Waals surface area contributed by atoms with Gasteiger partial charge in [-0.05, 0) is 51.9 Å². The summed E-state index contributed by atoms with van der Waals surface area (Å²) >= 11 is 0. The highest BCUT2D eigenvalue weighted by Gasteiger charge is 2.33. The van der Waals surface area contributed by atoms with Gasteiger partial charge in [-0.2, -0.15) is 0 Å². The molecular formula is C18H30N2. The Morgan fingerprint density at radius 2 is 1.75 bits per heavy atom. The van der Waals surface area contributed by atoms with Crippen LogP contribution in [0.15, 0.2) is 30.3 Å². The van der Waals surface area contributed by atoms with E-state index in [4.69, 9.17) is 0 Å². The first-order valence-electron chi connectivity index (χ1n) is 8.15. The van der Waals surface area contributed by atoms with E-state index < -0.39 is 0 Å². The van der Waals surface area contributed by atoms with Gasteiger partial charge in [0.1, 0.15) is 0 Å². The molecule has 112 valence electrons. The molecule has 1 aliphatic carbocycles. The van der Waals surface area contributed by atoms with Crippen LogP contribution in [-0.2, 0) is 6.42 Å². The molecule has 2 heteroatoms. The largest absolute Gasteiger partial charge is 0.315 e. The Kier molecular flexibility index (Phi) is 6.06. The molecule has 1 saturated carbocycles. The highest BCUT2D eigenvalue weighted by Crippen LogP contribution is 2.31. The summed E-state index contributed by atoms with van der Waals surface area (Å²) in [6.45, 7) is 2.28. The maximum absolute atomic E-state index is 3.71. The van der Waals surface area contributed by atoms with Crippen LogP contribution < -0.4 is 5.32 Å². The van der Waals surface area contributed by atoms with Gasteiger partial charge in [0.2, 0.25) is 0 Å². The third-order valence-electron chi connectivity index (χ3n) is 4.85. The number of aryl methyl sites for hydroxylation is 1. The minimum Gasteiger partial charge on any atom is -0.315 e. The monoisotopic (exact) mass is 274 g/mol. The first-order chi connectivity index (χ1) is 9.73. The summed E-state index contributed by atoms with van der Waals surface area (Å²) in [5.74, 6) is 0. The zero-order valence-electron chi connectivity index (χ0n) is 13.2. The predicted octanol–water partition coefficient (Wildman–Crippen LogP) is 3.47. The van der Waals surface area contributed by atoms with Crippen molar-refractivity contribution in [2.45, 2.75) is 50.5 Å². The summed E-state index contributed by atoms with van der Waals surface area (Å²) < 4.78 is 0. The molecule has 0 aromatic heterocycles. The van der Waals surface area contributed by atoms with Gasteiger partial charge in [0, 0.05) is 12.1 Å². The van der Waals surface area contributed by atoms with Gasteiger partial charge in [-0.3, -0.25) is 0 Å². The van der Waals surface area contributed by atoms with Gasteiger partial charge in [0.05, 0.1) is 0 Å². The van der Waals surface area contributed by atoms with Crippen LogP contribution in [0, 0.1) is 0 Å². The van der Waals surface area contributed by atoms with Crippen molar-refractivity contribution in [3.05, 3.63) is 35.9 Å². The van der Waals surface area contributed by atoms with Crippen molar-refractivity contribution in [2.24, 2.45) is 0 Å².